The minimum absolute atomic E-state index is 0.292. The number of ether oxygens (including phenoxy) is 1. The van der Waals surface area contributed by atoms with Crippen LogP contribution in [0.5, 0.6) is 11.6 Å². The molecule has 0 aliphatic rings. The quantitative estimate of drug-likeness (QED) is 0.374. The van der Waals surface area contributed by atoms with Crippen molar-refractivity contribution in [1.29, 1.82) is 0 Å². The summed E-state index contributed by atoms with van der Waals surface area (Å²) in [5, 5.41) is 1.35. The number of nitrogens with zero attached hydrogens (tertiary/aromatic N) is 2. The van der Waals surface area contributed by atoms with E-state index in [0.29, 0.717) is 27.7 Å². The van der Waals surface area contributed by atoms with Crippen molar-refractivity contribution >= 4 is 23.4 Å². The highest BCUT2D eigenvalue weighted by Gasteiger charge is 2.10. The first kappa shape index (κ1) is 17.8. The molecule has 0 unspecified atom stereocenters. The van der Waals surface area contributed by atoms with Crippen LogP contribution in [-0.4, -0.2) is 9.97 Å². The lowest BCUT2D eigenvalue weighted by Gasteiger charge is -2.11. The minimum atomic E-state index is 0.292. The maximum Gasteiger partial charge on any atom is 0.223 e. The van der Waals surface area contributed by atoms with E-state index >= 15 is 0 Å². The molecule has 1 heterocycles. The number of rotatable bonds is 6. The molecule has 0 N–H and O–H groups in total. The molecule has 0 fully saturated rings. The highest BCUT2D eigenvalue weighted by atomic mass is 35.5. The summed E-state index contributed by atoms with van der Waals surface area (Å²) in [6.07, 6.45) is 0. The number of hydrogen-bond acceptors (Lipinski definition) is 4. The van der Waals surface area contributed by atoms with Gasteiger partial charge in [-0.05, 0) is 29.7 Å². The third kappa shape index (κ3) is 5.21. The monoisotopic (exact) mass is 370 g/mol. The molecule has 0 spiro atoms. The minimum Gasteiger partial charge on any atom is -0.439 e. The van der Waals surface area contributed by atoms with Crippen LogP contribution in [0.4, 0.5) is 0 Å². The lowest BCUT2D eigenvalue weighted by atomic mass is 10.1. The molecule has 0 aliphatic heterocycles. The molecule has 0 amide bonds. The van der Waals surface area contributed by atoms with Gasteiger partial charge in [-0.3, -0.25) is 0 Å². The fourth-order valence-electron chi connectivity index (χ4n) is 2.21. The number of aromatic nitrogens is 2. The van der Waals surface area contributed by atoms with Gasteiger partial charge in [0.05, 0.1) is 5.69 Å². The summed E-state index contributed by atoms with van der Waals surface area (Å²) in [5.74, 6) is 2.32. The van der Waals surface area contributed by atoms with Crippen LogP contribution in [0.2, 0.25) is 5.02 Å². The van der Waals surface area contributed by atoms with Crippen molar-refractivity contribution in [1.82, 2.24) is 9.97 Å². The van der Waals surface area contributed by atoms with Crippen molar-refractivity contribution in [3.63, 3.8) is 0 Å². The van der Waals surface area contributed by atoms with E-state index in [0.717, 1.165) is 11.4 Å². The Morgan fingerprint density at radius 1 is 1.00 bits per heavy atom. The van der Waals surface area contributed by atoms with Crippen molar-refractivity contribution in [2.24, 2.45) is 0 Å². The highest BCUT2D eigenvalue weighted by Crippen LogP contribution is 2.28. The van der Waals surface area contributed by atoms with Crippen LogP contribution in [0.25, 0.3) is 0 Å². The summed E-state index contributed by atoms with van der Waals surface area (Å²) >= 11 is 7.63. The van der Waals surface area contributed by atoms with E-state index in [-0.39, 0.29) is 0 Å². The van der Waals surface area contributed by atoms with E-state index in [4.69, 9.17) is 16.3 Å². The molecule has 0 radical (unpaired) electrons. The van der Waals surface area contributed by atoms with Crippen LogP contribution in [0.3, 0.4) is 0 Å². The van der Waals surface area contributed by atoms with Gasteiger partial charge in [0.25, 0.3) is 0 Å². The Balaban J connectivity index is 1.81. The van der Waals surface area contributed by atoms with Gasteiger partial charge >= 0.3 is 0 Å². The van der Waals surface area contributed by atoms with Crippen LogP contribution < -0.4 is 4.74 Å². The molecule has 3 rings (SSSR count). The Morgan fingerprint density at radius 2 is 1.80 bits per heavy atom. The molecule has 0 bridgehead atoms. The predicted octanol–water partition coefficient (Wildman–Crippen LogP) is 6.34. The normalized spacial score (nSPS) is 10.9. The Kier molecular flexibility index (Phi) is 5.95. The lowest BCUT2D eigenvalue weighted by Crippen LogP contribution is -1.99. The highest BCUT2D eigenvalue weighted by molar-refractivity contribution is 7.98. The Bertz CT molecular complexity index is 840. The first-order valence-electron chi connectivity index (χ1n) is 8.09. The molecule has 1 aromatic heterocycles. The molecule has 128 valence electrons. The average molecular weight is 371 g/mol. The number of hydrogen-bond donors (Lipinski definition) is 0. The van der Waals surface area contributed by atoms with Crippen molar-refractivity contribution in [3.8, 4) is 11.6 Å². The zero-order valence-electron chi connectivity index (χ0n) is 14.1. The molecule has 3 nitrogen and oxygen atoms in total. The molecule has 0 saturated heterocycles. The van der Waals surface area contributed by atoms with Gasteiger partial charge in [0.1, 0.15) is 5.75 Å². The topological polar surface area (TPSA) is 35.0 Å². The standard InChI is InChI=1S/C20H19ClN2OS/c1-14(2)18-12-19(24-17-10-6-9-16(21)11-17)23-20(22-18)25-13-15-7-4-3-5-8-15/h3-12,14H,13H2,1-2H3. The van der Waals surface area contributed by atoms with Gasteiger partial charge in [-0.2, -0.15) is 4.98 Å². The second-order valence-corrected chi connectivity index (χ2v) is 7.28. The molecular weight excluding hydrogens is 352 g/mol. The zero-order valence-corrected chi connectivity index (χ0v) is 15.7. The first-order valence-corrected chi connectivity index (χ1v) is 9.45. The number of thioether (sulfide) groups is 1. The van der Waals surface area contributed by atoms with Gasteiger partial charge in [0.15, 0.2) is 5.16 Å². The maximum absolute atomic E-state index is 6.02. The zero-order chi connectivity index (χ0) is 17.6. The van der Waals surface area contributed by atoms with Crippen molar-refractivity contribution in [3.05, 3.63) is 76.9 Å². The van der Waals surface area contributed by atoms with Crippen LogP contribution in [0, 0.1) is 0 Å². The molecule has 5 heteroatoms. The molecule has 0 aliphatic carbocycles. The number of benzene rings is 2. The van der Waals surface area contributed by atoms with E-state index in [1.165, 1.54) is 5.56 Å². The average Bonchev–Trinajstić information content (AvgIpc) is 2.61. The summed E-state index contributed by atoms with van der Waals surface area (Å²) < 4.78 is 5.89. The molecule has 0 atom stereocenters. The smallest absolute Gasteiger partial charge is 0.223 e. The van der Waals surface area contributed by atoms with E-state index < -0.39 is 0 Å². The lowest BCUT2D eigenvalue weighted by molar-refractivity contribution is 0.453. The fourth-order valence-corrected chi connectivity index (χ4v) is 3.20. The SMILES string of the molecule is CC(C)c1cc(Oc2cccc(Cl)c2)nc(SCc2ccccc2)n1. The second-order valence-electron chi connectivity index (χ2n) is 5.90. The third-order valence-corrected chi connectivity index (χ3v) is 4.68. The summed E-state index contributed by atoms with van der Waals surface area (Å²) in [5.41, 5.74) is 2.20. The second kappa shape index (κ2) is 8.37. The van der Waals surface area contributed by atoms with Crippen LogP contribution >= 0.6 is 23.4 Å². The Hall–Kier alpha value is -2.04. The van der Waals surface area contributed by atoms with Gasteiger partial charge in [-0.1, -0.05) is 73.6 Å². The van der Waals surface area contributed by atoms with Gasteiger partial charge in [-0.25, -0.2) is 4.98 Å². The Morgan fingerprint density at radius 3 is 2.52 bits per heavy atom. The van der Waals surface area contributed by atoms with Crippen molar-refractivity contribution < 1.29 is 4.74 Å². The van der Waals surface area contributed by atoms with Crippen LogP contribution in [0.15, 0.2) is 65.8 Å². The Labute approximate surface area is 157 Å². The molecule has 2 aromatic carbocycles. The summed E-state index contributed by atoms with van der Waals surface area (Å²) in [4.78, 5) is 9.20. The van der Waals surface area contributed by atoms with Crippen molar-refractivity contribution in [2.45, 2.75) is 30.7 Å². The van der Waals surface area contributed by atoms with Gasteiger partial charge in [0.2, 0.25) is 5.88 Å². The third-order valence-electron chi connectivity index (χ3n) is 3.52. The first-order chi connectivity index (χ1) is 12.1. The largest absolute Gasteiger partial charge is 0.439 e. The van der Waals surface area contributed by atoms with Crippen LogP contribution in [-0.2, 0) is 5.75 Å². The summed E-state index contributed by atoms with van der Waals surface area (Å²) in [6, 6.07) is 19.5. The van der Waals surface area contributed by atoms with E-state index in [1.54, 1.807) is 17.8 Å². The molecular formula is C20H19ClN2OS. The van der Waals surface area contributed by atoms with E-state index in [2.05, 4.69) is 35.9 Å². The maximum atomic E-state index is 6.02. The molecule has 3 aromatic rings. The van der Waals surface area contributed by atoms with E-state index in [9.17, 15) is 0 Å². The van der Waals surface area contributed by atoms with Gasteiger partial charge in [0, 0.05) is 16.8 Å². The van der Waals surface area contributed by atoms with Crippen molar-refractivity contribution in [2.75, 3.05) is 0 Å². The number of halogens is 1. The predicted molar refractivity (Wildman–Crippen MR) is 104 cm³/mol. The van der Waals surface area contributed by atoms with Crippen LogP contribution in [0.1, 0.15) is 31.0 Å². The molecule has 0 saturated carbocycles. The summed E-state index contributed by atoms with van der Waals surface area (Å²) in [6.45, 7) is 4.22. The van der Waals surface area contributed by atoms with Gasteiger partial charge in [-0.15, -0.1) is 0 Å². The van der Waals surface area contributed by atoms with Gasteiger partial charge < -0.3 is 4.74 Å². The molecule has 25 heavy (non-hydrogen) atoms. The van der Waals surface area contributed by atoms with E-state index in [1.807, 2.05) is 42.5 Å². The summed E-state index contributed by atoms with van der Waals surface area (Å²) in [7, 11) is 0. The fraction of sp³-hybridized carbons (Fsp3) is 0.200.